The number of imidazole rings is 1. The Hall–Kier alpha value is -1.70. The Bertz CT molecular complexity index is 727. The third kappa shape index (κ3) is 2.24. The second kappa shape index (κ2) is 5.74. The average Bonchev–Trinajstić information content (AvgIpc) is 3.00. The van der Waals surface area contributed by atoms with Crippen LogP contribution in [0.4, 0.5) is 0 Å². The van der Waals surface area contributed by atoms with Crippen LogP contribution in [-0.4, -0.2) is 31.1 Å². The molecule has 20 heavy (non-hydrogen) atoms. The zero-order valence-corrected chi connectivity index (χ0v) is 13.4. The molecule has 6 heteroatoms. The van der Waals surface area contributed by atoms with Crippen molar-refractivity contribution in [2.24, 2.45) is 0 Å². The number of benzene rings is 1. The molecule has 2 heterocycles. The van der Waals surface area contributed by atoms with Gasteiger partial charge in [-0.15, -0.1) is 0 Å². The molecule has 5 nitrogen and oxygen atoms in total. The molecular formula is C14H14IN4O-. The van der Waals surface area contributed by atoms with Crippen molar-refractivity contribution in [2.45, 2.75) is 6.92 Å². The second-order valence-corrected chi connectivity index (χ2v) is 7.36. The van der Waals surface area contributed by atoms with Gasteiger partial charge in [0.25, 0.3) is 0 Å². The third-order valence-electron chi connectivity index (χ3n) is 2.94. The average molecular weight is 381 g/mol. The number of hydrogen-bond acceptors (Lipinski definition) is 4. The van der Waals surface area contributed by atoms with E-state index in [-0.39, 0.29) is 21.2 Å². The maximum atomic E-state index is 5.48. The first-order chi connectivity index (χ1) is 9.85. The predicted molar refractivity (Wildman–Crippen MR) is 72.5 cm³/mol. The molecule has 0 saturated carbocycles. The summed E-state index contributed by atoms with van der Waals surface area (Å²) < 4.78 is 9.75. The molecule has 0 N–H and O–H groups in total. The van der Waals surface area contributed by atoms with Crippen LogP contribution >= 0.6 is 0 Å². The summed E-state index contributed by atoms with van der Waals surface area (Å²) in [4.78, 5) is 13.0. The molecule has 0 aliphatic rings. The van der Waals surface area contributed by atoms with Crippen molar-refractivity contribution < 1.29 is 25.9 Å². The van der Waals surface area contributed by atoms with E-state index in [1.165, 1.54) is 3.70 Å². The summed E-state index contributed by atoms with van der Waals surface area (Å²) >= 11 is -0.0748. The minimum absolute atomic E-state index is 0.0748. The van der Waals surface area contributed by atoms with Crippen molar-refractivity contribution in [3.05, 3.63) is 40.9 Å². The first kappa shape index (κ1) is 13.3. The van der Waals surface area contributed by atoms with Gasteiger partial charge in [0.15, 0.2) is 0 Å². The molecule has 0 atom stereocenters. The van der Waals surface area contributed by atoms with Crippen molar-refractivity contribution in [2.75, 3.05) is 11.5 Å². The van der Waals surface area contributed by atoms with Crippen molar-refractivity contribution in [3.8, 4) is 11.4 Å². The van der Waals surface area contributed by atoms with E-state index in [0.717, 1.165) is 26.8 Å². The first-order valence-electron chi connectivity index (χ1n) is 6.24. The van der Waals surface area contributed by atoms with Gasteiger partial charge in [-0.25, -0.2) is 0 Å². The van der Waals surface area contributed by atoms with E-state index >= 15 is 0 Å². The molecule has 2 aromatic heterocycles. The quantitative estimate of drug-likeness (QED) is 0.334. The van der Waals surface area contributed by atoms with Gasteiger partial charge in [-0.05, 0) is 0 Å². The van der Waals surface area contributed by atoms with Gasteiger partial charge in [-0.1, -0.05) is 0 Å². The standard InChI is InChI=1S/C14H14IN4O/c1-3-15-14-10-4-5-11(20-2)13(12(10)17-8-18-14)19-7-6-16-9-19/h4-9H,3H2,1-2H3/q-1. The summed E-state index contributed by atoms with van der Waals surface area (Å²) in [5.41, 5.74) is 1.84. The minimum atomic E-state index is -0.0748. The molecule has 0 saturated heterocycles. The van der Waals surface area contributed by atoms with Crippen molar-refractivity contribution >= 4 is 10.9 Å². The molecule has 0 aliphatic heterocycles. The van der Waals surface area contributed by atoms with Gasteiger partial charge >= 0.3 is 127 Å². The van der Waals surface area contributed by atoms with Crippen LogP contribution in [0.25, 0.3) is 16.6 Å². The van der Waals surface area contributed by atoms with Crippen LogP contribution in [0.1, 0.15) is 6.92 Å². The van der Waals surface area contributed by atoms with Gasteiger partial charge in [0, 0.05) is 0 Å². The van der Waals surface area contributed by atoms with E-state index in [1.54, 1.807) is 26.0 Å². The number of rotatable bonds is 4. The summed E-state index contributed by atoms with van der Waals surface area (Å²) in [6, 6.07) is 4.03. The van der Waals surface area contributed by atoms with Gasteiger partial charge in [0.2, 0.25) is 0 Å². The fraction of sp³-hybridized carbons (Fsp3) is 0.214. The second-order valence-electron chi connectivity index (χ2n) is 4.05. The number of hydrogen-bond donors (Lipinski definition) is 0. The summed E-state index contributed by atoms with van der Waals surface area (Å²) in [6.07, 6.45) is 7.05. The van der Waals surface area contributed by atoms with E-state index in [4.69, 9.17) is 4.74 Å². The van der Waals surface area contributed by atoms with Gasteiger partial charge in [0.1, 0.15) is 0 Å². The topological polar surface area (TPSA) is 52.8 Å². The van der Waals surface area contributed by atoms with Crippen LogP contribution in [0.2, 0.25) is 0 Å². The Morgan fingerprint density at radius 2 is 2.20 bits per heavy atom. The Morgan fingerprint density at radius 1 is 1.30 bits per heavy atom. The van der Waals surface area contributed by atoms with Gasteiger partial charge in [0.05, 0.1) is 0 Å². The zero-order valence-electron chi connectivity index (χ0n) is 11.2. The van der Waals surface area contributed by atoms with E-state index in [9.17, 15) is 0 Å². The summed E-state index contributed by atoms with van der Waals surface area (Å²) in [5.74, 6) is 0.787. The maximum absolute atomic E-state index is 5.48. The summed E-state index contributed by atoms with van der Waals surface area (Å²) in [7, 11) is 1.67. The molecule has 0 fully saturated rings. The molecule has 104 valence electrons. The molecule has 3 rings (SSSR count). The molecule has 0 spiro atoms. The van der Waals surface area contributed by atoms with Gasteiger partial charge in [-0.3, -0.25) is 0 Å². The number of fused-ring (bicyclic) bond motifs is 1. The number of methoxy groups -OCH3 is 1. The molecule has 1 aromatic carbocycles. The van der Waals surface area contributed by atoms with Gasteiger partial charge in [-0.2, -0.15) is 0 Å². The van der Waals surface area contributed by atoms with Crippen molar-refractivity contribution in [3.63, 3.8) is 0 Å². The Kier molecular flexibility index (Phi) is 3.81. The van der Waals surface area contributed by atoms with E-state index in [0.29, 0.717) is 0 Å². The molecule has 0 aliphatic carbocycles. The Morgan fingerprint density at radius 3 is 2.90 bits per heavy atom. The van der Waals surface area contributed by atoms with E-state index < -0.39 is 0 Å². The van der Waals surface area contributed by atoms with Crippen LogP contribution < -0.4 is 25.9 Å². The number of aromatic nitrogens is 4. The van der Waals surface area contributed by atoms with Crippen LogP contribution in [-0.2, 0) is 0 Å². The summed E-state index contributed by atoms with van der Waals surface area (Å²) in [5, 5.41) is 1.12. The van der Waals surface area contributed by atoms with Crippen molar-refractivity contribution in [1.82, 2.24) is 19.5 Å². The number of nitrogens with zero attached hydrogens (tertiary/aromatic N) is 4. The number of halogens is 1. The molecule has 3 aromatic rings. The Balaban J connectivity index is 2.32. The monoisotopic (exact) mass is 381 g/mol. The molecule has 0 bridgehead atoms. The van der Waals surface area contributed by atoms with Crippen molar-refractivity contribution in [1.29, 1.82) is 0 Å². The first-order valence-corrected chi connectivity index (χ1v) is 8.84. The van der Waals surface area contributed by atoms with E-state index in [1.807, 2.05) is 16.8 Å². The van der Waals surface area contributed by atoms with Crippen LogP contribution in [0.15, 0.2) is 37.2 Å². The van der Waals surface area contributed by atoms with Gasteiger partial charge < -0.3 is 0 Å². The fourth-order valence-corrected chi connectivity index (χ4v) is 3.99. The molecular weight excluding hydrogens is 367 g/mol. The SMILES string of the molecule is CC[I-]c1ncnc2c(-n3ccnc3)c(OC)ccc12. The third-order valence-corrected chi connectivity index (χ3v) is 5.28. The predicted octanol–water partition coefficient (Wildman–Crippen LogP) is -0.897. The van der Waals surface area contributed by atoms with E-state index in [2.05, 4.69) is 27.9 Å². The summed E-state index contributed by atoms with van der Waals surface area (Å²) in [6.45, 7) is 2.20. The molecule has 0 unspecified atom stereocenters. The number of alkyl halides is 1. The number of ether oxygens (including phenoxy) is 1. The molecule has 0 radical (unpaired) electrons. The molecule has 0 amide bonds. The fourth-order valence-electron chi connectivity index (χ4n) is 2.10. The normalized spacial score (nSPS) is 11.1. The van der Waals surface area contributed by atoms with Crippen LogP contribution in [0.5, 0.6) is 5.75 Å². The van der Waals surface area contributed by atoms with Crippen LogP contribution in [0.3, 0.4) is 0 Å². The Labute approximate surface area is 127 Å². The van der Waals surface area contributed by atoms with Crippen LogP contribution in [0, 0.1) is 3.70 Å². The zero-order chi connectivity index (χ0) is 13.9.